The van der Waals surface area contributed by atoms with E-state index in [0.717, 1.165) is 10.5 Å². The van der Waals surface area contributed by atoms with E-state index in [9.17, 15) is 9.59 Å². The van der Waals surface area contributed by atoms with Gasteiger partial charge in [0.05, 0.1) is 5.75 Å². The molecule has 0 aliphatic rings. The van der Waals surface area contributed by atoms with Crippen LogP contribution in [-0.2, 0) is 11.3 Å². The summed E-state index contributed by atoms with van der Waals surface area (Å²) in [6.45, 7) is 0.452. The van der Waals surface area contributed by atoms with Gasteiger partial charge in [-0.15, -0.1) is 11.8 Å². The monoisotopic (exact) mass is 378 g/mol. The Balaban J connectivity index is 1.49. The van der Waals surface area contributed by atoms with Crippen molar-refractivity contribution in [2.45, 2.75) is 11.4 Å². The van der Waals surface area contributed by atoms with E-state index in [2.05, 4.69) is 29.6 Å². The van der Waals surface area contributed by atoms with Crippen LogP contribution in [0.1, 0.15) is 15.9 Å². The molecule has 0 radical (unpaired) electrons. The summed E-state index contributed by atoms with van der Waals surface area (Å²) in [7, 11) is 3.45. The maximum atomic E-state index is 12.1. The Morgan fingerprint density at radius 1 is 0.926 bits per heavy atom. The summed E-state index contributed by atoms with van der Waals surface area (Å²) >= 11 is 1.53. The molecular weight excluding hydrogens is 356 g/mol. The van der Waals surface area contributed by atoms with Gasteiger partial charge in [-0.2, -0.15) is 0 Å². The molecule has 1 N–H and O–H groups in total. The minimum atomic E-state index is -0.0302. The van der Waals surface area contributed by atoms with E-state index >= 15 is 0 Å². The molecule has 5 heteroatoms. The molecule has 4 nitrogen and oxygen atoms in total. The Labute approximate surface area is 163 Å². The molecule has 3 aromatic carbocycles. The molecule has 0 unspecified atom stereocenters. The SMILES string of the molecule is CN(C)C(=O)c1ccc(CNC(=O)CSc2ccc3ccccc3c2)cc1. The molecule has 0 bridgehead atoms. The van der Waals surface area contributed by atoms with Gasteiger partial charge in [-0.05, 0) is 40.6 Å². The Bertz CT molecular complexity index is 952. The normalized spacial score (nSPS) is 10.6. The number of nitrogens with zero attached hydrogens (tertiary/aromatic N) is 1. The average molecular weight is 378 g/mol. The van der Waals surface area contributed by atoms with Gasteiger partial charge in [0.15, 0.2) is 0 Å². The molecule has 0 saturated heterocycles. The first-order chi connectivity index (χ1) is 13.0. The molecule has 0 aliphatic carbocycles. The summed E-state index contributed by atoms with van der Waals surface area (Å²) in [4.78, 5) is 26.6. The molecule has 2 amide bonds. The van der Waals surface area contributed by atoms with Crippen molar-refractivity contribution >= 4 is 34.3 Å². The summed E-state index contributed by atoms with van der Waals surface area (Å²) in [6.07, 6.45) is 0. The van der Waals surface area contributed by atoms with Crippen molar-refractivity contribution in [3.05, 3.63) is 77.9 Å². The zero-order valence-electron chi connectivity index (χ0n) is 15.4. The smallest absolute Gasteiger partial charge is 0.253 e. The predicted octanol–water partition coefficient (Wildman–Crippen LogP) is 3.95. The van der Waals surface area contributed by atoms with Crippen LogP contribution >= 0.6 is 11.8 Å². The van der Waals surface area contributed by atoms with Gasteiger partial charge in [0.1, 0.15) is 0 Å². The number of benzene rings is 3. The minimum Gasteiger partial charge on any atom is -0.351 e. The van der Waals surface area contributed by atoms with Crippen molar-refractivity contribution < 1.29 is 9.59 Å². The number of amides is 2. The van der Waals surface area contributed by atoms with Crippen molar-refractivity contribution in [3.63, 3.8) is 0 Å². The second-order valence-corrected chi connectivity index (χ2v) is 7.52. The Morgan fingerprint density at radius 2 is 1.63 bits per heavy atom. The second-order valence-electron chi connectivity index (χ2n) is 6.47. The molecular formula is C22H22N2O2S. The molecule has 0 aliphatic heterocycles. The first kappa shape index (κ1) is 19.0. The highest BCUT2D eigenvalue weighted by Crippen LogP contribution is 2.23. The van der Waals surface area contributed by atoms with Crippen molar-refractivity contribution in [1.82, 2.24) is 10.2 Å². The zero-order chi connectivity index (χ0) is 19.2. The molecule has 0 heterocycles. The number of hydrogen-bond acceptors (Lipinski definition) is 3. The van der Waals surface area contributed by atoms with Crippen LogP contribution in [0.2, 0.25) is 0 Å². The summed E-state index contributed by atoms with van der Waals surface area (Å²) in [5.41, 5.74) is 1.61. The lowest BCUT2D eigenvalue weighted by molar-refractivity contribution is -0.118. The van der Waals surface area contributed by atoms with Gasteiger partial charge in [-0.1, -0.05) is 42.5 Å². The summed E-state index contributed by atoms with van der Waals surface area (Å²) in [6, 6.07) is 21.7. The van der Waals surface area contributed by atoms with Gasteiger partial charge in [0.25, 0.3) is 5.91 Å². The largest absolute Gasteiger partial charge is 0.351 e. The Morgan fingerprint density at radius 3 is 2.33 bits per heavy atom. The standard InChI is InChI=1S/C22H22N2O2S/c1-24(2)22(26)18-9-7-16(8-10-18)14-23-21(25)15-27-20-12-11-17-5-3-4-6-19(17)13-20/h3-13H,14-15H2,1-2H3,(H,23,25). The van der Waals surface area contributed by atoms with E-state index in [0.29, 0.717) is 17.9 Å². The van der Waals surface area contributed by atoms with Crippen molar-refractivity contribution in [2.24, 2.45) is 0 Å². The van der Waals surface area contributed by atoms with Crippen LogP contribution in [0, 0.1) is 0 Å². The molecule has 3 rings (SSSR count). The molecule has 27 heavy (non-hydrogen) atoms. The number of nitrogens with one attached hydrogen (secondary N) is 1. The topological polar surface area (TPSA) is 49.4 Å². The number of hydrogen-bond donors (Lipinski definition) is 1. The number of fused-ring (bicyclic) bond motifs is 1. The zero-order valence-corrected chi connectivity index (χ0v) is 16.3. The number of thioether (sulfide) groups is 1. The summed E-state index contributed by atoms with van der Waals surface area (Å²) < 4.78 is 0. The van der Waals surface area contributed by atoms with Gasteiger partial charge in [-0.25, -0.2) is 0 Å². The highest BCUT2D eigenvalue weighted by Gasteiger charge is 2.08. The average Bonchev–Trinajstić information content (AvgIpc) is 2.70. The molecule has 138 valence electrons. The third-order valence-electron chi connectivity index (χ3n) is 4.19. The molecule has 0 atom stereocenters. The third kappa shape index (κ3) is 5.11. The lowest BCUT2D eigenvalue weighted by Crippen LogP contribution is -2.24. The molecule has 3 aromatic rings. The summed E-state index contributed by atoms with van der Waals surface area (Å²) in [5.74, 6) is 0.328. The minimum absolute atomic E-state index is 0.0124. The molecule has 0 fully saturated rings. The van der Waals surface area contributed by atoms with E-state index in [1.54, 1.807) is 31.1 Å². The van der Waals surface area contributed by atoms with E-state index in [-0.39, 0.29) is 11.8 Å². The number of carbonyl (C=O) groups is 2. The van der Waals surface area contributed by atoms with Gasteiger partial charge in [0.2, 0.25) is 5.91 Å². The van der Waals surface area contributed by atoms with Gasteiger partial charge in [0, 0.05) is 31.1 Å². The van der Waals surface area contributed by atoms with E-state index in [1.807, 2.05) is 30.3 Å². The van der Waals surface area contributed by atoms with E-state index < -0.39 is 0 Å². The molecule has 0 spiro atoms. The second kappa shape index (κ2) is 8.73. The fourth-order valence-corrected chi connectivity index (χ4v) is 3.46. The van der Waals surface area contributed by atoms with Crippen LogP contribution in [0.15, 0.2) is 71.6 Å². The van der Waals surface area contributed by atoms with Crippen LogP contribution in [0.25, 0.3) is 10.8 Å². The van der Waals surface area contributed by atoms with Crippen molar-refractivity contribution in [1.29, 1.82) is 0 Å². The van der Waals surface area contributed by atoms with E-state index in [1.165, 1.54) is 22.5 Å². The number of rotatable bonds is 6. The maximum Gasteiger partial charge on any atom is 0.253 e. The highest BCUT2D eigenvalue weighted by molar-refractivity contribution is 8.00. The quantitative estimate of drug-likeness (QED) is 0.661. The Hall–Kier alpha value is -2.79. The first-order valence-corrected chi connectivity index (χ1v) is 9.70. The summed E-state index contributed by atoms with van der Waals surface area (Å²) in [5, 5.41) is 5.30. The van der Waals surface area contributed by atoms with Crippen LogP contribution in [0.5, 0.6) is 0 Å². The number of carbonyl (C=O) groups excluding carboxylic acids is 2. The Kier molecular flexibility index (Phi) is 6.14. The molecule has 0 aromatic heterocycles. The van der Waals surface area contributed by atoms with Crippen LogP contribution < -0.4 is 5.32 Å². The lowest BCUT2D eigenvalue weighted by atomic mass is 10.1. The predicted molar refractivity (Wildman–Crippen MR) is 111 cm³/mol. The maximum absolute atomic E-state index is 12.1. The lowest BCUT2D eigenvalue weighted by Gasteiger charge is -2.11. The van der Waals surface area contributed by atoms with Crippen LogP contribution in [0.3, 0.4) is 0 Å². The van der Waals surface area contributed by atoms with Gasteiger partial charge in [-0.3, -0.25) is 9.59 Å². The third-order valence-corrected chi connectivity index (χ3v) is 5.18. The van der Waals surface area contributed by atoms with Gasteiger partial charge < -0.3 is 10.2 Å². The highest BCUT2D eigenvalue weighted by atomic mass is 32.2. The fraction of sp³-hybridized carbons (Fsp3) is 0.182. The van der Waals surface area contributed by atoms with Crippen LogP contribution in [-0.4, -0.2) is 36.6 Å². The van der Waals surface area contributed by atoms with Crippen molar-refractivity contribution in [2.75, 3.05) is 19.8 Å². The molecule has 0 saturated carbocycles. The van der Waals surface area contributed by atoms with Gasteiger partial charge >= 0.3 is 0 Å². The first-order valence-electron chi connectivity index (χ1n) is 8.72. The van der Waals surface area contributed by atoms with Crippen LogP contribution in [0.4, 0.5) is 0 Å². The fourth-order valence-electron chi connectivity index (χ4n) is 2.68. The van der Waals surface area contributed by atoms with E-state index in [4.69, 9.17) is 0 Å². The van der Waals surface area contributed by atoms with Crippen molar-refractivity contribution in [3.8, 4) is 0 Å².